The SMILES string of the molecule is Cl.O=C(CSc1ccccc1C(=O)NC1CCNCC1)NCC1CCCCC1. The van der Waals surface area contributed by atoms with Crippen LogP contribution < -0.4 is 16.0 Å². The third-order valence-corrected chi connectivity index (χ3v) is 6.55. The van der Waals surface area contributed by atoms with Crippen molar-refractivity contribution in [3.63, 3.8) is 0 Å². The summed E-state index contributed by atoms with van der Waals surface area (Å²) in [5, 5.41) is 9.52. The molecule has 5 nitrogen and oxygen atoms in total. The second-order valence-corrected chi connectivity index (χ2v) is 8.61. The van der Waals surface area contributed by atoms with Gasteiger partial charge >= 0.3 is 0 Å². The quantitative estimate of drug-likeness (QED) is 0.585. The molecule has 1 aromatic carbocycles. The van der Waals surface area contributed by atoms with E-state index in [9.17, 15) is 9.59 Å². The maximum absolute atomic E-state index is 12.7. The van der Waals surface area contributed by atoms with Gasteiger partial charge in [-0.15, -0.1) is 24.2 Å². The molecule has 2 aliphatic rings. The fraction of sp³-hybridized carbons (Fsp3) is 0.619. The molecule has 1 aliphatic heterocycles. The van der Waals surface area contributed by atoms with Gasteiger partial charge in [0.05, 0.1) is 11.3 Å². The van der Waals surface area contributed by atoms with Gasteiger partial charge in [0.15, 0.2) is 0 Å². The number of nitrogens with one attached hydrogen (secondary N) is 3. The molecule has 3 rings (SSSR count). The molecular formula is C21H32ClN3O2S. The maximum atomic E-state index is 12.7. The third kappa shape index (κ3) is 7.30. The monoisotopic (exact) mass is 425 g/mol. The first-order chi connectivity index (χ1) is 13.2. The van der Waals surface area contributed by atoms with Gasteiger partial charge in [0, 0.05) is 17.5 Å². The summed E-state index contributed by atoms with van der Waals surface area (Å²) in [5.41, 5.74) is 0.668. The summed E-state index contributed by atoms with van der Waals surface area (Å²) in [5.74, 6) is 1.01. The summed E-state index contributed by atoms with van der Waals surface area (Å²) in [4.78, 5) is 25.8. The third-order valence-electron chi connectivity index (χ3n) is 5.48. The molecule has 3 N–H and O–H groups in total. The number of carbonyl (C=O) groups excluding carboxylic acids is 2. The number of rotatable bonds is 7. The van der Waals surface area contributed by atoms with Gasteiger partial charge in [-0.05, 0) is 56.8 Å². The summed E-state index contributed by atoms with van der Waals surface area (Å²) in [6, 6.07) is 7.80. The van der Waals surface area contributed by atoms with Gasteiger partial charge in [-0.25, -0.2) is 0 Å². The number of benzene rings is 1. The Balaban J connectivity index is 0.00000280. The first-order valence-corrected chi connectivity index (χ1v) is 11.2. The highest BCUT2D eigenvalue weighted by Crippen LogP contribution is 2.24. The Morgan fingerprint density at radius 2 is 1.75 bits per heavy atom. The summed E-state index contributed by atoms with van der Waals surface area (Å²) < 4.78 is 0. The Hall–Kier alpha value is -1.24. The normalized spacial score (nSPS) is 18.1. The zero-order chi connectivity index (χ0) is 18.9. The van der Waals surface area contributed by atoms with Crippen molar-refractivity contribution in [1.29, 1.82) is 0 Å². The zero-order valence-corrected chi connectivity index (χ0v) is 18.0. The number of amides is 2. The molecule has 0 spiro atoms. The first-order valence-electron chi connectivity index (χ1n) is 10.2. The number of hydrogen-bond donors (Lipinski definition) is 3. The second kappa shape index (κ2) is 12.3. The van der Waals surface area contributed by atoms with Crippen molar-refractivity contribution < 1.29 is 9.59 Å². The molecule has 0 bridgehead atoms. The van der Waals surface area contributed by atoms with Crippen LogP contribution >= 0.6 is 24.2 Å². The van der Waals surface area contributed by atoms with Gasteiger partial charge in [-0.2, -0.15) is 0 Å². The van der Waals surface area contributed by atoms with Gasteiger partial charge in [-0.3, -0.25) is 9.59 Å². The number of piperidine rings is 1. The van der Waals surface area contributed by atoms with E-state index < -0.39 is 0 Å². The molecular weight excluding hydrogens is 394 g/mol. The van der Waals surface area contributed by atoms with Gasteiger partial charge in [0.25, 0.3) is 5.91 Å². The molecule has 0 radical (unpaired) electrons. The molecule has 1 saturated carbocycles. The molecule has 1 aliphatic carbocycles. The summed E-state index contributed by atoms with van der Waals surface area (Å²) >= 11 is 1.45. The van der Waals surface area contributed by atoms with Crippen LogP contribution in [0.4, 0.5) is 0 Å². The van der Waals surface area contributed by atoms with Crippen LogP contribution in [0.15, 0.2) is 29.2 Å². The number of hydrogen-bond acceptors (Lipinski definition) is 4. The van der Waals surface area contributed by atoms with Crippen molar-refractivity contribution in [2.75, 3.05) is 25.4 Å². The van der Waals surface area contributed by atoms with Gasteiger partial charge in [0.1, 0.15) is 0 Å². The summed E-state index contributed by atoms with van der Waals surface area (Å²) in [6.45, 7) is 2.68. The minimum Gasteiger partial charge on any atom is -0.355 e. The lowest BCUT2D eigenvalue weighted by molar-refractivity contribution is -0.118. The maximum Gasteiger partial charge on any atom is 0.252 e. The lowest BCUT2D eigenvalue weighted by atomic mass is 9.89. The lowest BCUT2D eigenvalue weighted by Gasteiger charge is -2.24. The molecule has 0 unspecified atom stereocenters. The Labute approximate surface area is 178 Å². The number of thioether (sulfide) groups is 1. The first kappa shape index (κ1) is 23.0. The van der Waals surface area contributed by atoms with Crippen LogP contribution in [0.1, 0.15) is 55.3 Å². The fourth-order valence-electron chi connectivity index (χ4n) is 3.85. The van der Waals surface area contributed by atoms with Gasteiger partial charge in [-0.1, -0.05) is 31.4 Å². The summed E-state index contributed by atoms with van der Waals surface area (Å²) in [6.07, 6.45) is 8.29. The van der Waals surface area contributed by atoms with Crippen molar-refractivity contribution in [2.45, 2.75) is 55.9 Å². The molecule has 2 fully saturated rings. The van der Waals surface area contributed by atoms with E-state index >= 15 is 0 Å². The van der Waals surface area contributed by atoms with Crippen LogP contribution in [0.5, 0.6) is 0 Å². The van der Waals surface area contributed by atoms with Crippen molar-refractivity contribution in [2.24, 2.45) is 5.92 Å². The predicted molar refractivity (Wildman–Crippen MR) is 117 cm³/mol. The molecule has 1 saturated heterocycles. The van der Waals surface area contributed by atoms with Gasteiger partial charge < -0.3 is 16.0 Å². The average Bonchev–Trinajstić information content (AvgIpc) is 2.72. The molecule has 7 heteroatoms. The van der Waals surface area contributed by atoms with E-state index in [2.05, 4.69) is 16.0 Å². The van der Waals surface area contributed by atoms with Crippen LogP contribution in [-0.2, 0) is 4.79 Å². The highest BCUT2D eigenvalue weighted by molar-refractivity contribution is 8.00. The van der Waals surface area contributed by atoms with Crippen molar-refractivity contribution in [3.05, 3.63) is 29.8 Å². The van der Waals surface area contributed by atoms with E-state index in [1.54, 1.807) is 0 Å². The Kier molecular flexibility index (Phi) is 10.2. The van der Waals surface area contributed by atoms with Crippen molar-refractivity contribution in [3.8, 4) is 0 Å². The largest absolute Gasteiger partial charge is 0.355 e. The smallest absolute Gasteiger partial charge is 0.252 e. The average molecular weight is 426 g/mol. The van der Waals surface area contributed by atoms with Crippen molar-refractivity contribution in [1.82, 2.24) is 16.0 Å². The zero-order valence-electron chi connectivity index (χ0n) is 16.4. The van der Waals surface area contributed by atoms with E-state index in [0.717, 1.165) is 37.4 Å². The lowest BCUT2D eigenvalue weighted by Crippen LogP contribution is -2.42. The van der Waals surface area contributed by atoms with Crippen LogP contribution in [0.25, 0.3) is 0 Å². The molecule has 0 atom stereocenters. The van der Waals surface area contributed by atoms with Crippen LogP contribution in [-0.4, -0.2) is 43.2 Å². The minimum absolute atomic E-state index is 0. The molecule has 28 heavy (non-hydrogen) atoms. The fourth-order valence-corrected chi connectivity index (χ4v) is 4.73. The molecule has 156 valence electrons. The molecule has 1 aromatic rings. The Morgan fingerprint density at radius 1 is 1.04 bits per heavy atom. The second-order valence-electron chi connectivity index (χ2n) is 7.59. The van der Waals surface area contributed by atoms with Crippen molar-refractivity contribution >= 4 is 36.0 Å². The Bertz CT molecular complexity index is 632. The number of halogens is 1. The topological polar surface area (TPSA) is 70.2 Å². The van der Waals surface area contributed by atoms with E-state index in [0.29, 0.717) is 17.2 Å². The van der Waals surface area contributed by atoms with E-state index in [1.165, 1.54) is 43.9 Å². The Morgan fingerprint density at radius 3 is 2.50 bits per heavy atom. The van der Waals surface area contributed by atoms with E-state index in [1.807, 2.05) is 24.3 Å². The van der Waals surface area contributed by atoms with E-state index in [4.69, 9.17) is 0 Å². The van der Waals surface area contributed by atoms with Crippen LogP contribution in [0.2, 0.25) is 0 Å². The standard InChI is InChI=1S/C21H31N3O2S.ClH/c25-20(23-14-16-6-2-1-3-7-16)15-27-19-9-5-4-8-18(19)21(26)24-17-10-12-22-13-11-17;/h4-5,8-9,16-17,22H,1-3,6-7,10-15H2,(H,23,25)(H,24,26);1H. The van der Waals surface area contributed by atoms with Crippen LogP contribution in [0, 0.1) is 5.92 Å². The predicted octanol–water partition coefficient (Wildman–Crippen LogP) is 3.38. The van der Waals surface area contributed by atoms with Crippen LogP contribution in [0.3, 0.4) is 0 Å². The minimum atomic E-state index is -0.0346. The van der Waals surface area contributed by atoms with E-state index in [-0.39, 0.29) is 30.3 Å². The van der Waals surface area contributed by atoms with Gasteiger partial charge in [0.2, 0.25) is 5.91 Å². The molecule has 0 aromatic heterocycles. The highest BCUT2D eigenvalue weighted by Gasteiger charge is 2.19. The molecule has 1 heterocycles. The summed E-state index contributed by atoms with van der Waals surface area (Å²) in [7, 11) is 0. The molecule has 2 amide bonds. The number of carbonyl (C=O) groups is 2. The highest BCUT2D eigenvalue weighted by atomic mass is 35.5.